The molecular formula is C11H9FN2. The van der Waals surface area contributed by atoms with Crippen LogP contribution in [-0.4, -0.2) is 6.04 Å². The van der Waals surface area contributed by atoms with Crippen molar-refractivity contribution in [3.05, 3.63) is 29.6 Å². The predicted molar refractivity (Wildman–Crippen MR) is 53.0 cm³/mol. The Bertz CT molecular complexity index is 412. The molecule has 0 fully saturated rings. The molecule has 0 aliphatic heterocycles. The molecule has 1 N–H and O–H groups in total. The highest BCUT2D eigenvalue weighted by Crippen LogP contribution is 2.16. The van der Waals surface area contributed by atoms with Gasteiger partial charge in [0.15, 0.2) is 0 Å². The maximum Gasteiger partial charge on any atom is 0.124 e. The molecule has 1 rings (SSSR count). The van der Waals surface area contributed by atoms with Gasteiger partial charge in [0.25, 0.3) is 0 Å². The average molecular weight is 188 g/mol. The van der Waals surface area contributed by atoms with Gasteiger partial charge in [-0.05, 0) is 25.1 Å². The van der Waals surface area contributed by atoms with Gasteiger partial charge in [-0.15, -0.1) is 6.42 Å². The Morgan fingerprint density at radius 1 is 1.57 bits per heavy atom. The van der Waals surface area contributed by atoms with Crippen LogP contribution in [0.25, 0.3) is 0 Å². The zero-order valence-corrected chi connectivity index (χ0v) is 7.71. The van der Waals surface area contributed by atoms with E-state index in [2.05, 4.69) is 11.2 Å². The largest absolute Gasteiger partial charge is 0.371 e. The van der Waals surface area contributed by atoms with Gasteiger partial charge < -0.3 is 5.32 Å². The number of nitriles is 1. The molecule has 0 spiro atoms. The first-order valence-corrected chi connectivity index (χ1v) is 4.09. The highest BCUT2D eigenvalue weighted by molar-refractivity contribution is 5.58. The second kappa shape index (κ2) is 4.30. The van der Waals surface area contributed by atoms with E-state index in [0.29, 0.717) is 5.69 Å². The maximum atomic E-state index is 12.7. The molecule has 0 aliphatic carbocycles. The highest BCUT2D eigenvalue weighted by Gasteiger charge is 2.04. The molecule has 0 heterocycles. The zero-order chi connectivity index (χ0) is 10.6. The predicted octanol–water partition coefficient (Wildman–Crippen LogP) is 2.13. The normalized spacial score (nSPS) is 11.1. The molecule has 3 heteroatoms. The van der Waals surface area contributed by atoms with Crippen molar-refractivity contribution >= 4 is 5.69 Å². The summed E-state index contributed by atoms with van der Waals surface area (Å²) in [4.78, 5) is 0. The van der Waals surface area contributed by atoms with E-state index in [0.717, 1.165) is 0 Å². The number of anilines is 1. The summed E-state index contributed by atoms with van der Waals surface area (Å²) in [5.41, 5.74) is 0.812. The molecule has 1 atom stereocenters. The van der Waals surface area contributed by atoms with Crippen molar-refractivity contribution in [3.63, 3.8) is 0 Å². The first-order chi connectivity index (χ1) is 6.67. The number of benzene rings is 1. The zero-order valence-electron chi connectivity index (χ0n) is 7.71. The molecular weight excluding hydrogens is 179 g/mol. The van der Waals surface area contributed by atoms with Gasteiger partial charge in [0.05, 0.1) is 17.3 Å². The lowest BCUT2D eigenvalue weighted by molar-refractivity contribution is 0.627. The van der Waals surface area contributed by atoms with Gasteiger partial charge in [-0.25, -0.2) is 4.39 Å². The third-order valence-corrected chi connectivity index (χ3v) is 1.72. The van der Waals surface area contributed by atoms with Crippen molar-refractivity contribution in [1.82, 2.24) is 0 Å². The third kappa shape index (κ3) is 2.24. The van der Waals surface area contributed by atoms with Crippen LogP contribution in [0.3, 0.4) is 0 Å². The van der Waals surface area contributed by atoms with Gasteiger partial charge >= 0.3 is 0 Å². The van der Waals surface area contributed by atoms with Crippen molar-refractivity contribution in [2.45, 2.75) is 13.0 Å². The van der Waals surface area contributed by atoms with Crippen molar-refractivity contribution < 1.29 is 4.39 Å². The number of terminal acetylenes is 1. The van der Waals surface area contributed by atoms with Crippen LogP contribution in [0.1, 0.15) is 12.5 Å². The van der Waals surface area contributed by atoms with Gasteiger partial charge in [-0.2, -0.15) is 5.26 Å². The van der Waals surface area contributed by atoms with E-state index in [1.54, 1.807) is 6.92 Å². The summed E-state index contributed by atoms with van der Waals surface area (Å²) in [6.07, 6.45) is 5.17. The maximum absolute atomic E-state index is 12.7. The van der Waals surface area contributed by atoms with Crippen LogP contribution in [0.4, 0.5) is 10.1 Å². The molecule has 70 valence electrons. The van der Waals surface area contributed by atoms with Crippen LogP contribution in [0.2, 0.25) is 0 Å². The average Bonchev–Trinajstić information content (AvgIpc) is 2.20. The Labute approximate surface area is 82.4 Å². The Morgan fingerprint density at radius 2 is 2.29 bits per heavy atom. The van der Waals surface area contributed by atoms with Crippen molar-refractivity contribution in [1.29, 1.82) is 5.26 Å². The fraction of sp³-hybridized carbons (Fsp3) is 0.182. The lowest BCUT2D eigenvalue weighted by Crippen LogP contribution is -2.13. The van der Waals surface area contributed by atoms with E-state index in [-0.39, 0.29) is 11.6 Å². The van der Waals surface area contributed by atoms with Gasteiger partial charge in [-0.1, -0.05) is 5.92 Å². The molecule has 2 nitrogen and oxygen atoms in total. The molecule has 14 heavy (non-hydrogen) atoms. The van der Waals surface area contributed by atoms with Gasteiger partial charge in [-0.3, -0.25) is 0 Å². The van der Waals surface area contributed by atoms with Gasteiger partial charge in [0.2, 0.25) is 0 Å². The fourth-order valence-corrected chi connectivity index (χ4v) is 1.01. The molecule has 1 unspecified atom stereocenters. The van der Waals surface area contributed by atoms with Crippen LogP contribution in [0.15, 0.2) is 18.2 Å². The Hall–Kier alpha value is -2.00. The van der Waals surface area contributed by atoms with E-state index in [1.165, 1.54) is 18.2 Å². The van der Waals surface area contributed by atoms with Crippen LogP contribution >= 0.6 is 0 Å². The lowest BCUT2D eigenvalue weighted by atomic mass is 10.1. The fourth-order valence-electron chi connectivity index (χ4n) is 1.01. The minimum atomic E-state index is -0.430. The molecule has 0 bridgehead atoms. The SMILES string of the molecule is C#CC(C)Nc1ccc(F)cc1C#N. The summed E-state index contributed by atoms with van der Waals surface area (Å²) in [5, 5.41) is 11.6. The van der Waals surface area contributed by atoms with Crippen LogP contribution < -0.4 is 5.32 Å². The minimum absolute atomic E-state index is 0.187. The summed E-state index contributed by atoms with van der Waals surface area (Å²) in [6.45, 7) is 1.78. The summed E-state index contributed by atoms with van der Waals surface area (Å²) in [6, 6.07) is 5.67. The second-order valence-corrected chi connectivity index (χ2v) is 2.83. The van der Waals surface area contributed by atoms with E-state index in [1.807, 2.05) is 6.07 Å². The first kappa shape index (κ1) is 10.1. The number of hydrogen-bond donors (Lipinski definition) is 1. The Balaban J connectivity index is 2.99. The molecule has 0 aromatic heterocycles. The smallest absolute Gasteiger partial charge is 0.124 e. The summed E-state index contributed by atoms with van der Waals surface area (Å²) in [5.74, 6) is 2.03. The monoisotopic (exact) mass is 188 g/mol. The lowest BCUT2D eigenvalue weighted by Gasteiger charge is -2.10. The van der Waals surface area contributed by atoms with Crippen molar-refractivity contribution in [2.75, 3.05) is 5.32 Å². The summed E-state index contributed by atoms with van der Waals surface area (Å²) < 4.78 is 12.7. The number of nitrogens with zero attached hydrogens (tertiary/aromatic N) is 1. The molecule has 1 aromatic rings. The van der Waals surface area contributed by atoms with Crippen LogP contribution in [0, 0.1) is 29.5 Å². The Morgan fingerprint density at radius 3 is 2.86 bits per heavy atom. The van der Waals surface area contributed by atoms with Crippen molar-refractivity contribution in [3.8, 4) is 18.4 Å². The standard InChI is InChI=1S/C11H9FN2/c1-3-8(2)14-11-5-4-10(12)6-9(11)7-13/h1,4-6,8,14H,2H3. The second-order valence-electron chi connectivity index (χ2n) is 2.83. The molecule has 1 aromatic carbocycles. The number of nitrogens with one attached hydrogen (secondary N) is 1. The third-order valence-electron chi connectivity index (χ3n) is 1.72. The quantitative estimate of drug-likeness (QED) is 0.721. The van der Waals surface area contributed by atoms with Crippen LogP contribution in [-0.2, 0) is 0 Å². The number of hydrogen-bond acceptors (Lipinski definition) is 2. The molecule has 0 aliphatic rings. The van der Waals surface area contributed by atoms with Gasteiger partial charge in [0.1, 0.15) is 11.9 Å². The van der Waals surface area contributed by atoms with E-state index in [9.17, 15) is 4.39 Å². The number of halogens is 1. The number of rotatable bonds is 2. The molecule has 0 saturated carbocycles. The van der Waals surface area contributed by atoms with E-state index in [4.69, 9.17) is 11.7 Å². The van der Waals surface area contributed by atoms with Crippen LogP contribution in [0.5, 0.6) is 0 Å². The molecule has 0 radical (unpaired) electrons. The molecule has 0 saturated heterocycles. The van der Waals surface area contributed by atoms with Gasteiger partial charge in [0, 0.05) is 0 Å². The van der Waals surface area contributed by atoms with E-state index >= 15 is 0 Å². The Kier molecular flexibility index (Phi) is 3.09. The molecule has 0 amide bonds. The van der Waals surface area contributed by atoms with E-state index < -0.39 is 5.82 Å². The van der Waals surface area contributed by atoms with Crippen molar-refractivity contribution in [2.24, 2.45) is 0 Å². The summed E-state index contributed by atoms with van der Waals surface area (Å²) >= 11 is 0. The first-order valence-electron chi connectivity index (χ1n) is 4.09. The highest BCUT2D eigenvalue weighted by atomic mass is 19.1. The topological polar surface area (TPSA) is 35.8 Å². The minimum Gasteiger partial charge on any atom is -0.371 e. The summed E-state index contributed by atoms with van der Waals surface area (Å²) in [7, 11) is 0.